The molecule has 0 aliphatic rings. The summed E-state index contributed by atoms with van der Waals surface area (Å²) in [6.45, 7) is 0. The molecule has 0 radical (unpaired) electrons. The first-order valence-corrected chi connectivity index (χ1v) is 26.2. The highest BCUT2D eigenvalue weighted by Gasteiger charge is 2.37. The van der Waals surface area contributed by atoms with Gasteiger partial charge in [-0.15, -0.1) is 23.5 Å². The Labute approximate surface area is 367 Å². The van der Waals surface area contributed by atoms with Gasteiger partial charge in [0, 0.05) is 11.5 Å². The average molecular weight is 839 g/mol. The lowest BCUT2D eigenvalue weighted by Gasteiger charge is -2.35. The minimum atomic E-state index is -0.193. The molecule has 0 N–H and O–H groups in total. The van der Waals surface area contributed by atoms with Crippen LogP contribution in [0.15, 0.2) is 182 Å². The summed E-state index contributed by atoms with van der Waals surface area (Å²) in [5, 5.41) is 0. The molecule has 6 rings (SSSR count). The van der Waals surface area contributed by atoms with Gasteiger partial charge in [0.1, 0.15) is 0 Å². The van der Waals surface area contributed by atoms with Gasteiger partial charge in [-0.2, -0.15) is 0 Å². The molecular formula is C54H62S4. The van der Waals surface area contributed by atoms with Crippen LogP contribution in [0.3, 0.4) is 0 Å². The zero-order valence-electron chi connectivity index (χ0n) is 34.3. The zero-order chi connectivity index (χ0) is 39.8. The molecule has 0 aliphatic carbocycles. The van der Waals surface area contributed by atoms with Gasteiger partial charge in [0.05, 0.1) is 9.49 Å². The van der Waals surface area contributed by atoms with Crippen molar-refractivity contribution in [1.82, 2.24) is 0 Å². The van der Waals surface area contributed by atoms with E-state index >= 15 is 0 Å². The first-order valence-electron chi connectivity index (χ1n) is 21.7. The summed E-state index contributed by atoms with van der Waals surface area (Å²) in [4.78, 5) is 0. The molecule has 0 heterocycles. The van der Waals surface area contributed by atoms with Gasteiger partial charge in [0.15, 0.2) is 0 Å². The van der Waals surface area contributed by atoms with Crippen molar-refractivity contribution in [2.45, 2.75) is 86.5 Å². The number of thioether (sulfide) groups is 2. The van der Waals surface area contributed by atoms with Crippen molar-refractivity contribution in [2.75, 3.05) is 23.0 Å². The molecule has 0 saturated carbocycles. The molecule has 0 amide bonds. The number of hydrogen-bond acceptors (Lipinski definition) is 4. The molecule has 0 aromatic heterocycles. The SMILES string of the molecule is c1ccc(C(SCCCCCCCCSSCCCCCCCCSC(c2ccccc2)(c2ccccc2)c2ccccc2)(c2ccccc2)c2ccccc2)cc1. The Kier molecular flexibility index (Phi) is 19.4. The highest BCUT2D eigenvalue weighted by Crippen LogP contribution is 2.50. The zero-order valence-corrected chi connectivity index (χ0v) is 37.5. The monoisotopic (exact) mass is 838 g/mol. The predicted molar refractivity (Wildman–Crippen MR) is 264 cm³/mol. The first-order chi connectivity index (χ1) is 28.8. The molecule has 0 spiro atoms. The Morgan fingerprint density at radius 1 is 0.224 bits per heavy atom. The Bertz CT molecular complexity index is 1580. The van der Waals surface area contributed by atoms with Crippen LogP contribution in [0, 0.1) is 0 Å². The number of hydrogen-bond donors (Lipinski definition) is 0. The van der Waals surface area contributed by atoms with Gasteiger partial charge in [-0.25, -0.2) is 0 Å². The van der Waals surface area contributed by atoms with Crippen LogP contribution in [0.1, 0.15) is 110 Å². The molecule has 58 heavy (non-hydrogen) atoms. The van der Waals surface area contributed by atoms with E-state index in [0.717, 1.165) is 11.5 Å². The minimum absolute atomic E-state index is 0.193. The van der Waals surface area contributed by atoms with Gasteiger partial charge >= 0.3 is 0 Å². The fourth-order valence-electron chi connectivity index (χ4n) is 8.05. The van der Waals surface area contributed by atoms with E-state index in [4.69, 9.17) is 0 Å². The van der Waals surface area contributed by atoms with Crippen molar-refractivity contribution < 1.29 is 0 Å². The third kappa shape index (κ3) is 12.6. The Hall–Kier alpha value is -3.28. The van der Waals surface area contributed by atoms with E-state index in [-0.39, 0.29) is 9.49 Å². The normalized spacial score (nSPS) is 11.8. The molecule has 0 unspecified atom stereocenters. The van der Waals surface area contributed by atoms with Crippen molar-refractivity contribution >= 4 is 45.1 Å². The van der Waals surface area contributed by atoms with Crippen LogP contribution in [-0.2, 0) is 9.49 Å². The van der Waals surface area contributed by atoms with E-state index in [2.05, 4.69) is 227 Å². The summed E-state index contributed by atoms with van der Waals surface area (Å²) in [5.41, 5.74) is 8.18. The fraction of sp³-hybridized carbons (Fsp3) is 0.333. The lowest BCUT2D eigenvalue weighted by atomic mass is 9.84. The summed E-state index contributed by atoms with van der Waals surface area (Å²) in [7, 11) is 4.21. The van der Waals surface area contributed by atoms with Crippen LogP contribution < -0.4 is 0 Å². The molecular weight excluding hydrogens is 777 g/mol. The quantitative estimate of drug-likeness (QED) is 0.0288. The summed E-state index contributed by atoms with van der Waals surface area (Å²) in [6.07, 6.45) is 16.0. The molecule has 4 heteroatoms. The second-order valence-electron chi connectivity index (χ2n) is 15.1. The van der Waals surface area contributed by atoms with Crippen LogP contribution in [0.25, 0.3) is 0 Å². The van der Waals surface area contributed by atoms with Crippen LogP contribution in [-0.4, -0.2) is 23.0 Å². The van der Waals surface area contributed by atoms with E-state index < -0.39 is 0 Å². The molecule has 0 aliphatic heterocycles. The molecule has 0 atom stereocenters. The van der Waals surface area contributed by atoms with E-state index in [9.17, 15) is 0 Å². The first kappa shape index (κ1) is 44.3. The van der Waals surface area contributed by atoms with Crippen molar-refractivity contribution in [3.63, 3.8) is 0 Å². The standard InChI is InChI=1S/C54H62S4/c1(5-27-43-55-53(47-31-15-9-16-32-47,48-33-17-10-18-34-48)49-35-19-11-20-36-49)3-7-29-45-57-58-46-30-8-4-2-6-28-44-56-54(50-37-21-12-22-38-50,51-39-23-13-24-40-51)52-41-25-14-26-42-52/h9-26,31-42H,1-8,27-30,43-46H2. The largest absolute Gasteiger partial charge is 0.141 e. The van der Waals surface area contributed by atoms with E-state index in [1.54, 1.807) is 0 Å². The minimum Gasteiger partial charge on any atom is -0.141 e. The van der Waals surface area contributed by atoms with Crippen LogP contribution in [0.5, 0.6) is 0 Å². The average Bonchev–Trinajstić information content (AvgIpc) is 3.30. The molecule has 0 bridgehead atoms. The summed E-state index contributed by atoms with van der Waals surface area (Å²) < 4.78 is -0.386. The highest BCUT2D eigenvalue weighted by molar-refractivity contribution is 8.76. The van der Waals surface area contributed by atoms with Gasteiger partial charge in [-0.05, 0) is 70.6 Å². The molecule has 302 valence electrons. The van der Waals surface area contributed by atoms with Gasteiger partial charge in [0.2, 0.25) is 0 Å². The van der Waals surface area contributed by atoms with Gasteiger partial charge in [0.25, 0.3) is 0 Å². The summed E-state index contributed by atoms with van der Waals surface area (Å²) in [6, 6.07) is 66.7. The molecule has 6 aromatic carbocycles. The number of rotatable bonds is 27. The van der Waals surface area contributed by atoms with E-state index in [1.807, 2.05) is 0 Å². The fourth-order valence-corrected chi connectivity index (χ4v) is 13.5. The highest BCUT2D eigenvalue weighted by atomic mass is 33.1. The Morgan fingerprint density at radius 2 is 0.414 bits per heavy atom. The maximum absolute atomic E-state index is 2.31. The van der Waals surface area contributed by atoms with E-state index in [0.29, 0.717) is 0 Å². The van der Waals surface area contributed by atoms with Crippen LogP contribution in [0.4, 0.5) is 0 Å². The smallest absolute Gasteiger partial charge is 0.0906 e. The molecule has 0 fully saturated rings. The van der Waals surface area contributed by atoms with Gasteiger partial charge < -0.3 is 0 Å². The van der Waals surface area contributed by atoms with Gasteiger partial charge in [-0.1, -0.05) is 255 Å². The number of benzene rings is 6. The predicted octanol–water partition coefficient (Wildman–Crippen LogP) is 16.5. The Morgan fingerprint density at radius 3 is 0.638 bits per heavy atom. The van der Waals surface area contributed by atoms with Crippen molar-refractivity contribution in [3.8, 4) is 0 Å². The van der Waals surface area contributed by atoms with Gasteiger partial charge in [-0.3, -0.25) is 0 Å². The molecule has 6 aromatic rings. The Balaban J connectivity index is 0.805. The lowest BCUT2D eigenvalue weighted by Crippen LogP contribution is -2.26. The van der Waals surface area contributed by atoms with Crippen molar-refractivity contribution in [1.29, 1.82) is 0 Å². The maximum atomic E-state index is 2.31. The summed E-state index contributed by atoms with van der Waals surface area (Å²) >= 11 is 4.22. The van der Waals surface area contributed by atoms with Crippen LogP contribution >= 0.6 is 45.1 Å². The van der Waals surface area contributed by atoms with Crippen molar-refractivity contribution in [2.24, 2.45) is 0 Å². The topological polar surface area (TPSA) is 0 Å². The molecule has 0 nitrogen and oxygen atoms in total. The third-order valence-corrected chi connectivity index (χ3v) is 16.9. The third-order valence-electron chi connectivity index (χ3n) is 11.0. The van der Waals surface area contributed by atoms with Crippen molar-refractivity contribution in [3.05, 3.63) is 215 Å². The summed E-state index contributed by atoms with van der Waals surface area (Å²) in [5.74, 6) is 4.90. The number of unbranched alkanes of at least 4 members (excludes halogenated alkanes) is 10. The second kappa shape index (κ2) is 25.4. The second-order valence-corrected chi connectivity index (χ2v) is 20.5. The molecule has 0 saturated heterocycles. The lowest BCUT2D eigenvalue weighted by molar-refractivity contribution is 0.628. The van der Waals surface area contributed by atoms with Crippen LogP contribution in [0.2, 0.25) is 0 Å². The maximum Gasteiger partial charge on any atom is 0.0906 e. The van der Waals surface area contributed by atoms with E-state index in [1.165, 1.54) is 122 Å².